The molecule has 1 aromatic carbocycles. The number of Topliss-reactive ketones (excluding diaryl/α,β-unsaturated/α-hetero) is 1. The van der Waals surface area contributed by atoms with Crippen molar-refractivity contribution in [1.82, 2.24) is 0 Å². The lowest BCUT2D eigenvalue weighted by molar-refractivity contribution is 0.101. The zero-order valence-electron chi connectivity index (χ0n) is 10.9. The average Bonchev–Trinajstić information content (AvgIpc) is 2.56. The van der Waals surface area contributed by atoms with E-state index in [0.717, 1.165) is 30.5 Å². The summed E-state index contributed by atoms with van der Waals surface area (Å²) in [6.45, 7) is 1.57. The summed E-state index contributed by atoms with van der Waals surface area (Å²) in [5, 5.41) is 13.4. The fraction of sp³-hybridized carbons (Fsp3) is 0.533. The van der Waals surface area contributed by atoms with Gasteiger partial charge in [0.05, 0.1) is 12.1 Å². The van der Waals surface area contributed by atoms with Gasteiger partial charge in [0, 0.05) is 11.3 Å². The Morgan fingerprint density at radius 2 is 1.83 bits per heavy atom. The Hall–Kier alpha value is -1.35. The van der Waals surface area contributed by atoms with Gasteiger partial charge in [0.15, 0.2) is 5.78 Å². The van der Waals surface area contributed by atoms with Crippen molar-refractivity contribution < 1.29 is 9.90 Å². The zero-order valence-corrected chi connectivity index (χ0v) is 10.9. The monoisotopic (exact) mass is 247 g/mol. The molecule has 1 fully saturated rings. The van der Waals surface area contributed by atoms with Gasteiger partial charge in [0.25, 0.3) is 0 Å². The van der Waals surface area contributed by atoms with Gasteiger partial charge in [-0.3, -0.25) is 4.79 Å². The summed E-state index contributed by atoms with van der Waals surface area (Å²) in [4.78, 5) is 11.2. The summed E-state index contributed by atoms with van der Waals surface area (Å²) in [6, 6.07) is 7.61. The number of aliphatic hydroxyl groups is 1. The molecule has 1 aromatic rings. The van der Waals surface area contributed by atoms with Crippen molar-refractivity contribution in [3.05, 3.63) is 29.8 Å². The first-order chi connectivity index (χ1) is 8.66. The number of nitrogens with one attached hydrogen (secondary N) is 1. The first-order valence-corrected chi connectivity index (χ1v) is 6.72. The quantitative estimate of drug-likeness (QED) is 0.637. The minimum Gasteiger partial charge on any atom is -0.391 e. The van der Waals surface area contributed by atoms with Crippen LogP contribution in [0.3, 0.4) is 0 Å². The van der Waals surface area contributed by atoms with Crippen LogP contribution >= 0.6 is 0 Å². The van der Waals surface area contributed by atoms with Gasteiger partial charge >= 0.3 is 0 Å². The second-order valence-corrected chi connectivity index (χ2v) is 5.09. The van der Waals surface area contributed by atoms with Gasteiger partial charge in [-0.25, -0.2) is 0 Å². The lowest BCUT2D eigenvalue weighted by Crippen LogP contribution is -2.32. The van der Waals surface area contributed by atoms with E-state index in [0.29, 0.717) is 0 Å². The Labute approximate surface area is 108 Å². The van der Waals surface area contributed by atoms with E-state index < -0.39 is 0 Å². The molecule has 2 atom stereocenters. The summed E-state index contributed by atoms with van der Waals surface area (Å²) in [5.41, 5.74) is 1.70. The molecule has 18 heavy (non-hydrogen) atoms. The normalized spacial score (nSPS) is 24.3. The molecule has 98 valence electrons. The highest BCUT2D eigenvalue weighted by Crippen LogP contribution is 2.22. The van der Waals surface area contributed by atoms with Crippen molar-refractivity contribution in [2.24, 2.45) is 0 Å². The van der Waals surface area contributed by atoms with Gasteiger partial charge < -0.3 is 10.4 Å². The van der Waals surface area contributed by atoms with Crippen LogP contribution in [0.2, 0.25) is 0 Å². The molecule has 3 heteroatoms. The van der Waals surface area contributed by atoms with E-state index in [1.165, 1.54) is 12.8 Å². The average molecular weight is 247 g/mol. The molecule has 1 saturated carbocycles. The van der Waals surface area contributed by atoms with E-state index in [2.05, 4.69) is 5.32 Å². The fourth-order valence-electron chi connectivity index (χ4n) is 2.47. The highest BCUT2D eigenvalue weighted by Gasteiger charge is 2.21. The Morgan fingerprint density at radius 1 is 1.17 bits per heavy atom. The summed E-state index contributed by atoms with van der Waals surface area (Å²) >= 11 is 0. The standard InChI is InChI=1S/C15H21NO2/c1-11(17)12-7-9-13(10-8-12)16-14-5-3-2-4-6-15(14)18/h7-10,14-16,18H,2-6H2,1H3. The van der Waals surface area contributed by atoms with Crippen molar-refractivity contribution in [2.45, 2.75) is 51.2 Å². The van der Waals surface area contributed by atoms with Gasteiger partial charge in [-0.15, -0.1) is 0 Å². The molecule has 3 nitrogen and oxygen atoms in total. The molecular formula is C15H21NO2. The highest BCUT2D eigenvalue weighted by atomic mass is 16.3. The van der Waals surface area contributed by atoms with Gasteiger partial charge in [0.2, 0.25) is 0 Å². The molecule has 1 aliphatic carbocycles. The molecule has 0 amide bonds. The predicted octanol–water partition coefficient (Wildman–Crippen LogP) is 2.99. The Bertz CT molecular complexity index is 399. The van der Waals surface area contributed by atoms with Gasteiger partial charge in [-0.05, 0) is 44.0 Å². The highest BCUT2D eigenvalue weighted by molar-refractivity contribution is 5.94. The SMILES string of the molecule is CC(=O)c1ccc(NC2CCCCCC2O)cc1. The van der Waals surface area contributed by atoms with E-state index in [-0.39, 0.29) is 17.9 Å². The number of aliphatic hydroxyl groups excluding tert-OH is 1. The lowest BCUT2D eigenvalue weighted by atomic mass is 10.1. The Morgan fingerprint density at radius 3 is 2.50 bits per heavy atom. The van der Waals surface area contributed by atoms with E-state index in [4.69, 9.17) is 0 Å². The predicted molar refractivity (Wildman–Crippen MR) is 72.9 cm³/mol. The van der Waals surface area contributed by atoms with Crippen LogP contribution in [0.4, 0.5) is 5.69 Å². The second-order valence-electron chi connectivity index (χ2n) is 5.09. The number of hydrogen-bond acceptors (Lipinski definition) is 3. The summed E-state index contributed by atoms with van der Waals surface area (Å²) in [5.74, 6) is 0.0797. The van der Waals surface area contributed by atoms with Crippen molar-refractivity contribution in [1.29, 1.82) is 0 Å². The number of carbonyl (C=O) groups is 1. The van der Waals surface area contributed by atoms with Crippen LogP contribution < -0.4 is 5.32 Å². The number of ketones is 1. The maximum absolute atomic E-state index is 11.2. The van der Waals surface area contributed by atoms with Crippen LogP contribution in [0.1, 0.15) is 49.4 Å². The maximum atomic E-state index is 11.2. The minimum atomic E-state index is -0.264. The summed E-state index contributed by atoms with van der Waals surface area (Å²) in [7, 11) is 0. The smallest absolute Gasteiger partial charge is 0.159 e. The number of rotatable bonds is 3. The molecule has 0 aliphatic heterocycles. The van der Waals surface area contributed by atoms with Gasteiger partial charge in [0.1, 0.15) is 0 Å². The van der Waals surface area contributed by atoms with Gasteiger partial charge in [-0.1, -0.05) is 19.3 Å². The van der Waals surface area contributed by atoms with Crippen molar-refractivity contribution in [3.8, 4) is 0 Å². The summed E-state index contributed by atoms with van der Waals surface area (Å²) in [6.07, 6.45) is 5.11. The van der Waals surface area contributed by atoms with Crippen LogP contribution in [0.25, 0.3) is 0 Å². The van der Waals surface area contributed by atoms with Crippen molar-refractivity contribution >= 4 is 11.5 Å². The number of benzene rings is 1. The van der Waals surface area contributed by atoms with Crippen LogP contribution in [0, 0.1) is 0 Å². The van der Waals surface area contributed by atoms with Crippen LogP contribution in [-0.4, -0.2) is 23.0 Å². The molecular weight excluding hydrogens is 226 g/mol. The first-order valence-electron chi connectivity index (χ1n) is 6.72. The zero-order chi connectivity index (χ0) is 13.0. The molecule has 0 spiro atoms. The van der Waals surface area contributed by atoms with E-state index in [1.807, 2.05) is 24.3 Å². The minimum absolute atomic E-state index is 0.0797. The Kier molecular flexibility index (Phi) is 4.37. The molecule has 0 heterocycles. The van der Waals surface area contributed by atoms with Gasteiger partial charge in [-0.2, -0.15) is 0 Å². The third kappa shape index (κ3) is 3.33. The second kappa shape index (κ2) is 6.01. The number of anilines is 1. The molecule has 0 radical (unpaired) electrons. The van der Waals surface area contributed by atoms with E-state index in [9.17, 15) is 9.90 Å². The third-order valence-electron chi connectivity index (χ3n) is 3.62. The van der Waals surface area contributed by atoms with Crippen LogP contribution in [0.15, 0.2) is 24.3 Å². The van der Waals surface area contributed by atoms with Crippen molar-refractivity contribution in [3.63, 3.8) is 0 Å². The molecule has 2 unspecified atom stereocenters. The number of hydrogen-bond donors (Lipinski definition) is 2. The number of carbonyl (C=O) groups excluding carboxylic acids is 1. The lowest BCUT2D eigenvalue weighted by Gasteiger charge is -2.23. The Balaban J connectivity index is 2.01. The maximum Gasteiger partial charge on any atom is 0.159 e. The molecule has 1 aliphatic rings. The fourth-order valence-corrected chi connectivity index (χ4v) is 2.47. The largest absolute Gasteiger partial charge is 0.391 e. The van der Waals surface area contributed by atoms with Crippen LogP contribution in [0.5, 0.6) is 0 Å². The molecule has 0 bridgehead atoms. The molecule has 0 saturated heterocycles. The molecule has 2 N–H and O–H groups in total. The third-order valence-corrected chi connectivity index (χ3v) is 3.62. The van der Waals surface area contributed by atoms with Crippen molar-refractivity contribution in [2.75, 3.05) is 5.32 Å². The molecule has 0 aromatic heterocycles. The topological polar surface area (TPSA) is 49.3 Å². The summed E-state index contributed by atoms with van der Waals surface area (Å²) < 4.78 is 0. The van der Waals surface area contributed by atoms with E-state index >= 15 is 0 Å². The van der Waals surface area contributed by atoms with Crippen LogP contribution in [-0.2, 0) is 0 Å². The first kappa shape index (κ1) is 13.1. The van der Waals surface area contributed by atoms with E-state index in [1.54, 1.807) is 6.92 Å². The molecule has 2 rings (SSSR count).